The van der Waals surface area contributed by atoms with Gasteiger partial charge in [-0.15, -0.1) is 0 Å². The first kappa shape index (κ1) is 21.3. The van der Waals surface area contributed by atoms with Gasteiger partial charge in [0.15, 0.2) is 17.5 Å². The Kier molecular flexibility index (Phi) is 6.66. The van der Waals surface area contributed by atoms with Crippen LogP contribution in [0.15, 0.2) is 52.0 Å². The molecule has 0 saturated heterocycles. The topological polar surface area (TPSA) is 93.9 Å². The summed E-state index contributed by atoms with van der Waals surface area (Å²) in [7, 11) is 0. The van der Waals surface area contributed by atoms with Crippen molar-refractivity contribution in [3.8, 4) is 5.75 Å². The molecule has 0 aliphatic rings. The fourth-order valence-electron chi connectivity index (χ4n) is 3.03. The van der Waals surface area contributed by atoms with Crippen molar-refractivity contribution in [3.05, 3.63) is 82.1 Å². The highest BCUT2D eigenvalue weighted by Gasteiger charge is 2.12. The van der Waals surface area contributed by atoms with Crippen molar-refractivity contribution in [1.29, 1.82) is 0 Å². The quantitative estimate of drug-likeness (QED) is 0.241. The molecule has 3 aromatic rings. The van der Waals surface area contributed by atoms with Gasteiger partial charge in [-0.05, 0) is 49.6 Å². The lowest BCUT2D eigenvalue weighted by Crippen LogP contribution is -2.14. The molecule has 158 valence electrons. The van der Waals surface area contributed by atoms with Crippen molar-refractivity contribution in [1.82, 2.24) is 4.98 Å². The minimum absolute atomic E-state index is 0.0137. The smallest absolute Gasteiger partial charge is 0.263 e. The molecule has 0 bridgehead atoms. The second-order valence-electron chi connectivity index (χ2n) is 6.91. The number of hydrogen-bond acceptors (Lipinski definition) is 5. The third-order valence-corrected chi connectivity index (χ3v) is 4.75. The van der Waals surface area contributed by atoms with Crippen LogP contribution in [-0.2, 0) is 19.4 Å². The summed E-state index contributed by atoms with van der Waals surface area (Å²) in [6, 6.07) is 11.5. The SMILES string of the molecule is Cc1cc(OCc2oc(CCc3ccc(C(F)F)cc3)nc2C)ccc1C(N)=NO. The number of aryl methyl sites for hydroxylation is 4. The van der Waals surface area contributed by atoms with E-state index in [1.54, 1.807) is 30.3 Å². The van der Waals surface area contributed by atoms with Crippen LogP contribution in [0.4, 0.5) is 8.78 Å². The zero-order chi connectivity index (χ0) is 21.7. The molecule has 0 aliphatic carbocycles. The highest BCUT2D eigenvalue weighted by atomic mass is 19.3. The molecule has 6 nitrogen and oxygen atoms in total. The standard InChI is InChI=1S/C22H23F2N3O3/c1-13-11-17(8-9-18(13)22(25)27-28)29-12-19-14(2)26-20(30-19)10-5-15-3-6-16(7-4-15)21(23)24/h3-4,6-9,11,21,28H,5,10,12H2,1-2H3,(H2,25,27). The van der Waals surface area contributed by atoms with Crippen molar-refractivity contribution in [2.75, 3.05) is 0 Å². The van der Waals surface area contributed by atoms with E-state index >= 15 is 0 Å². The second kappa shape index (κ2) is 9.39. The van der Waals surface area contributed by atoms with E-state index in [2.05, 4.69) is 10.1 Å². The molecule has 30 heavy (non-hydrogen) atoms. The molecule has 0 amide bonds. The third kappa shape index (κ3) is 5.14. The maximum atomic E-state index is 12.6. The normalized spacial score (nSPS) is 11.8. The Morgan fingerprint density at radius 1 is 1.17 bits per heavy atom. The Bertz CT molecular complexity index is 1030. The van der Waals surface area contributed by atoms with Gasteiger partial charge in [-0.1, -0.05) is 29.4 Å². The maximum absolute atomic E-state index is 12.6. The number of halogens is 2. The lowest BCUT2D eigenvalue weighted by Gasteiger charge is -2.08. The summed E-state index contributed by atoms with van der Waals surface area (Å²) in [4.78, 5) is 4.42. The summed E-state index contributed by atoms with van der Waals surface area (Å²) in [6.07, 6.45) is -1.27. The van der Waals surface area contributed by atoms with Crippen LogP contribution >= 0.6 is 0 Å². The van der Waals surface area contributed by atoms with Gasteiger partial charge in [0.25, 0.3) is 6.43 Å². The van der Waals surface area contributed by atoms with E-state index in [1.807, 2.05) is 13.8 Å². The lowest BCUT2D eigenvalue weighted by atomic mass is 10.1. The fourth-order valence-corrected chi connectivity index (χ4v) is 3.03. The van der Waals surface area contributed by atoms with Gasteiger partial charge in [0.05, 0.1) is 5.69 Å². The average Bonchev–Trinajstić information content (AvgIpc) is 3.10. The molecule has 2 aromatic carbocycles. The van der Waals surface area contributed by atoms with Gasteiger partial charge < -0.3 is 20.1 Å². The van der Waals surface area contributed by atoms with E-state index in [9.17, 15) is 8.78 Å². The minimum atomic E-state index is -2.46. The molecule has 1 heterocycles. The first-order valence-corrected chi connectivity index (χ1v) is 9.41. The largest absolute Gasteiger partial charge is 0.486 e. The van der Waals surface area contributed by atoms with Gasteiger partial charge in [0.2, 0.25) is 0 Å². The summed E-state index contributed by atoms with van der Waals surface area (Å²) in [5.41, 5.74) is 8.76. The summed E-state index contributed by atoms with van der Waals surface area (Å²) in [5.74, 6) is 1.86. The molecule has 0 radical (unpaired) electrons. The van der Waals surface area contributed by atoms with Crippen molar-refractivity contribution in [2.45, 2.75) is 39.7 Å². The molecule has 0 saturated carbocycles. The molecule has 3 N–H and O–H groups in total. The number of amidine groups is 1. The van der Waals surface area contributed by atoms with Crippen molar-refractivity contribution < 1.29 is 23.1 Å². The second-order valence-corrected chi connectivity index (χ2v) is 6.91. The Hall–Kier alpha value is -3.42. The lowest BCUT2D eigenvalue weighted by molar-refractivity contribution is 0.151. The molecule has 8 heteroatoms. The van der Waals surface area contributed by atoms with Crippen molar-refractivity contribution >= 4 is 5.84 Å². The van der Waals surface area contributed by atoms with Crippen LogP contribution in [0, 0.1) is 13.8 Å². The monoisotopic (exact) mass is 415 g/mol. The van der Waals surface area contributed by atoms with E-state index in [0.717, 1.165) is 16.8 Å². The van der Waals surface area contributed by atoms with E-state index in [4.69, 9.17) is 20.1 Å². The summed E-state index contributed by atoms with van der Waals surface area (Å²) in [5, 5.41) is 11.8. The zero-order valence-corrected chi connectivity index (χ0v) is 16.7. The number of ether oxygens (including phenoxy) is 1. The molecule has 0 unspecified atom stereocenters. The number of rotatable bonds is 8. The number of aromatic nitrogens is 1. The van der Waals surface area contributed by atoms with E-state index in [1.165, 1.54) is 12.1 Å². The van der Waals surface area contributed by atoms with Gasteiger partial charge in [-0.25, -0.2) is 13.8 Å². The maximum Gasteiger partial charge on any atom is 0.263 e. The van der Waals surface area contributed by atoms with Gasteiger partial charge in [0.1, 0.15) is 12.4 Å². The fraction of sp³-hybridized carbons (Fsp3) is 0.273. The van der Waals surface area contributed by atoms with E-state index in [0.29, 0.717) is 35.8 Å². The number of oxime groups is 1. The highest BCUT2D eigenvalue weighted by Crippen LogP contribution is 2.21. The summed E-state index contributed by atoms with van der Waals surface area (Å²) in [6.45, 7) is 3.89. The van der Waals surface area contributed by atoms with Crippen LogP contribution in [0.2, 0.25) is 0 Å². The Balaban J connectivity index is 1.59. The number of oxazole rings is 1. The molecule has 0 spiro atoms. The Morgan fingerprint density at radius 2 is 1.90 bits per heavy atom. The predicted molar refractivity (Wildman–Crippen MR) is 108 cm³/mol. The molecule has 0 aliphatic heterocycles. The number of nitrogens with two attached hydrogens (primary N) is 1. The van der Waals surface area contributed by atoms with Crippen LogP contribution < -0.4 is 10.5 Å². The number of alkyl halides is 2. The van der Waals surface area contributed by atoms with Crippen LogP contribution in [-0.4, -0.2) is 16.0 Å². The number of benzene rings is 2. The molecule has 1 aromatic heterocycles. The first-order valence-electron chi connectivity index (χ1n) is 9.41. The van der Waals surface area contributed by atoms with Gasteiger partial charge >= 0.3 is 0 Å². The summed E-state index contributed by atoms with van der Waals surface area (Å²) >= 11 is 0. The van der Waals surface area contributed by atoms with Crippen LogP contribution in [0.5, 0.6) is 5.75 Å². The van der Waals surface area contributed by atoms with Gasteiger partial charge in [-0.3, -0.25) is 0 Å². The Morgan fingerprint density at radius 3 is 2.53 bits per heavy atom. The number of nitrogens with zero attached hydrogens (tertiary/aromatic N) is 2. The van der Waals surface area contributed by atoms with Crippen LogP contribution in [0.1, 0.15) is 46.0 Å². The van der Waals surface area contributed by atoms with Gasteiger partial charge in [-0.2, -0.15) is 0 Å². The zero-order valence-electron chi connectivity index (χ0n) is 16.7. The van der Waals surface area contributed by atoms with E-state index < -0.39 is 6.43 Å². The van der Waals surface area contributed by atoms with Crippen LogP contribution in [0.25, 0.3) is 0 Å². The van der Waals surface area contributed by atoms with Crippen molar-refractivity contribution in [2.24, 2.45) is 10.9 Å². The van der Waals surface area contributed by atoms with E-state index in [-0.39, 0.29) is 18.0 Å². The average molecular weight is 415 g/mol. The van der Waals surface area contributed by atoms with Gasteiger partial charge in [0, 0.05) is 17.5 Å². The Labute approximate surface area is 173 Å². The predicted octanol–water partition coefficient (Wildman–Crippen LogP) is 4.69. The summed E-state index contributed by atoms with van der Waals surface area (Å²) < 4.78 is 36.8. The molecule has 0 fully saturated rings. The van der Waals surface area contributed by atoms with Crippen LogP contribution in [0.3, 0.4) is 0 Å². The molecule has 0 atom stereocenters. The molecular weight excluding hydrogens is 392 g/mol. The molecule has 3 rings (SSSR count). The first-order chi connectivity index (χ1) is 14.4. The van der Waals surface area contributed by atoms with Crippen molar-refractivity contribution in [3.63, 3.8) is 0 Å². The number of hydrogen-bond donors (Lipinski definition) is 2. The minimum Gasteiger partial charge on any atom is -0.486 e. The highest BCUT2D eigenvalue weighted by molar-refractivity contribution is 5.98. The third-order valence-electron chi connectivity index (χ3n) is 4.75. The molecular formula is C22H23F2N3O3.